The van der Waals surface area contributed by atoms with Crippen molar-refractivity contribution in [3.05, 3.63) is 83.6 Å². The summed E-state index contributed by atoms with van der Waals surface area (Å²) in [6.07, 6.45) is 0.0396. The van der Waals surface area contributed by atoms with E-state index in [2.05, 4.69) is 27.2 Å². The Morgan fingerprint density at radius 3 is 2.78 bits per heavy atom. The highest BCUT2D eigenvalue weighted by molar-refractivity contribution is 7.92. The summed E-state index contributed by atoms with van der Waals surface area (Å²) in [6, 6.07) is 20.1. The van der Waals surface area contributed by atoms with Gasteiger partial charge in [0.2, 0.25) is 0 Å². The van der Waals surface area contributed by atoms with Crippen LogP contribution in [-0.2, 0) is 16.4 Å². The molecule has 0 aliphatic rings. The Morgan fingerprint density at radius 1 is 1.14 bits per heavy atom. The second-order valence-electron chi connectivity index (χ2n) is 8.17. The number of benzene rings is 3. The molecule has 10 heteroatoms. The van der Waals surface area contributed by atoms with Gasteiger partial charge in [0.05, 0.1) is 28.1 Å². The quantitative estimate of drug-likeness (QED) is 0.229. The molecule has 1 aromatic heterocycles. The minimum absolute atomic E-state index is 0.00795. The van der Waals surface area contributed by atoms with E-state index >= 15 is 0 Å². The maximum absolute atomic E-state index is 12.7. The first-order valence-electron chi connectivity index (χ1n) is 11.5. The van der Waals surface area contributed by atoms with Gasteiger partial charge in [-0.1, -0.05) is 25.1 Å². The van der Waals surface area contributed by atoms with Gasteiger partial charge >= 0.3 is 0 Å². The van der Waals surface area contributed by atoms with Crippen LogP contribution in [0, 0.1) is 11.3 Å². The summed E-state index contributed by atoms with van der Waals surface area (Å²) in [5.41, 5.74) is 3.09. The Bertz CT molecular complexity index is 1490. The van der Waals surface area contributed by atoms with Crippen molar-refractivity contribution >= 4 is 26.6 Å². The van der Waals surface area contributed by atoms with Crippen molar-refractivity contribution in [2.24, 2.45) is 0 Å². The molecule has 0 spiro atoms. The lowest BCUT2D eigenvalue weighted by Crippen LogP contribution is -2.26. The number of hydrogen-bond acceptors (Lipinski definition) is 7. The van der Waals surface area contributed by atoms with Crippen molar-refractivity contribution in [3.8, 4) is 11.8 Å². The number of H-pyrrole nitrogens is 1. The van der Waals surface area contributed by atoms with Gasteiger partial charge in [0.15, 0.2) is 0 Å². The van der Waals surface area contributed by atoms with Crippen molar-refractivity contribution in [2.75, 3.05) is 24.4 Å². The summed E-state index contributed by atoms with van der Waals surface area (Å²) in [4.78, 5) is -0.00795. The Kier molecular flexibility index (Phi) is 7.85. The van der Waals surface area contributed by atoms with Gasteiger partial charge in [-0.15, -0.1) is 0 Å². The molecule has 0 saturated carbocycles. The normalized spacial score (nSPS) is 12.2. The molecule has 0 amide bonds. The van der Waals surface area contributed by atoms with E-state index in [1.54, 1.807) is 24.3 Å². The number of ether oxygens (including phenoxy) is 1. The lowest BCUT2D eigenvalue weighted by Gasteiger charge is -2.15. The molecule has 0 bridgehead atoms. The van der Waals surface area contributed by atoms with Crippen LogP contribution in [0.25, 0.3) is 10.9 Å². The number of aromatic nitrogens is 2. The van der Waals surface area contributed by atoms with E-state index in [4.69, 9.17) is 10.00 Å². The highest BCUT2D eigenvalue weighted by Gasteiger charge is 2.16. The molecule has 186 valence electrons. The fraction of sp³-hybridized carbons (Fsp3) is 0.231. The number of sulfonamides is 1. The number of aliphatic hydroxyl groups is 1. The summed E-state index contributed by atoms with van der Waals surface area (Å²) in [6.45, 7) is 3.26. The van der Waals surface area contributed by atoms with Crippen molar-refractivity contribution in [1.82, 2.24) is 15.5 Å². The molecule has 9 nitrogen and oxygen atoms in total. The number of aliphatic hydroxyl groups excluding tert-OH is 1. The van der Waals surface area contributed by atoms with E-state index < -0.39 is 16.1 Å². The molecular formula is C26H27N5O4S. The minimum Gasteiger partial charge on any atom is -0.492 e. The molecule has 0 aliphatic carbocycles. The molecule has 0 fully saturated rings. The van der Waals surface area contributed by atoms with Gasteiger partial charge in [-0.2, -0.15) is 10.4 Å². The van der Waals surface area contributed by atoms with Crippen LogP contribution in [0.1, 0.15) is 29.8 Å². The first kappa shape index (κ1) is 25.2. The topological polar surface area (TPSA) is 140 Å². The van der Waals surface area contributed by atoms with Crippen LogP contribution in [0.2, 0.25) is 0 Å². The summed E-state index contributed by atoms with van der Waals surface area (Å²) < 4.78 is 33.7. The minimum atomic E-state index is -3.87. The molecule has 0 radical (unpaired) electrons. The lowest BCUT2D eigenvalue weighted by molar-refractivity contribution is 0.172. The number of nitriles is 1. The predicted molar refractivity (Wildman–Crippen MR) is 137 cm³/mol. The van der Waals surface area contributed by atoms with Gasteiger partial charge in [-0.25, -0.2) is 8.42 Å². The van der Waals surface area contributed by atoms with Gasteiger partial charge in [-0.3, -0.25) is 9.82 Å². The number of aromatic amines is 1. The molecule has 0 saturated heterocycles. The fourth-order valence-electron chi connectivity index (χ4n) is 3.76. The fourth-order valence-corrected chi connectivity index (χ4v) is 4.86. The summed E-state index contributed by atoms with van der Waals surface area (Å²) >= 11 is 0. The van der Waals surface area contributed by atoms with Crippen LogP contribution in [0.4, 0.5) is 5.69 Å². The first-order chi connectivity index (χ1) is 17.4. The van der Waals surface area contributed by atoms with Crippen LogP contribution in [0.3, 0.4) is 0 Å². The molecule has 0 aliphatic heterocycles. The highest BCUT2D eigenvalue weighted by atomic mass is 32.2. The molecule has 4 aromatic rings. The zero-order valence-electron chi connectivity index (χ0n) is 19.7. The number of nitrogens with zero attached hydrogens (tertiary/aromatic N) is 2. The Morgan fingerprint density at radius 2 is 1.97 bits per heavy atom. The largest absolute Gasteiger partial charge is 0.492 e. The predicted octanol–water partition coefficient (Wildman–Crippen LogP) is 3.50. The van der Waals surface area contributed by atoms with Gasteiger partial charge in [0.25, 0.3) is 10.0 Å². The third-order valence-corrected chi connectivity index (χ3v) is 7.02. The van der Waals surface area contributed by atoms with Crippen molar-refractivity contribution < 1.29 is 18.3 Å². The van der Waals surface area contributed by atoms with Crippen LogP contribution in [0.15, 0.2) is 71.6 Å². The van der Waals surface area contributed by atoms with Crippen LogP contribution >= 0.6 is 0 Å². The van der Waals surface area contributed by atoms with Crippen molar-refractivity contribution in [2.45, 2.75) is 24.3 Å². The third kappa shape index (κ3) is 6.01. The Hall–Kier alpha value is -3.91. The Balaban J connectivity index is 1.28. The van der Waals surface area contributed by atoms with Gasteiger partial charge in [0, 0.05) is 35.9 Å². The number of rotatable bonds is 11. The standard InChI is InChI=1S/C26H27N5O4S/c1-2-24-23-10-9-21(15-25(23)30-29-24)35-12-11-28-17-26(32)19-6-4-7-20(14-19)31-36(33,34)22-8-3-5-18(13-22)16-27/h3-10,13-15,26,28,31-32H,2,11-12,17H2,1H3,(H,29,30). The second-order valence-corrected chi connectivity index (χ2v) is 9.86. The molecule has 1 atom stereocenters. The van der Waals surface area contributed by atoms with Crippen LogP contribution in [-0.4, -0.2) is 43.4 Å². The number of hydrogen-bond donors (Lipinski definition) is 4. The van der Waals surface area contributed by atoms with E-state index in [0.717, 1.165) is 28.8 Å². The van der Waals surface area contributed by atoms with Crippen LogP contribution < -0.4 is 14.8 Å². The zero-order chi connectivity index (χ0) is 25.5. The second kappa shape index (κ2) is 11.2. The molecule has 36 heavy (non-hydrogen) atoms. The summed E-state index contributed by atoms with van der Waals surface area (Å²) in [7, 11) is -3.87. The molecule has 4 N–H and O–H groups in total. The average molecular weight is 506 g/mol. The molecule has 3 aromatic carbocycles. The monoisotopic (exact) mass is 505 g/mol. The van der Waals surface area contributed by atoms with E-state index in [1.807, 2.05) is 24.3 Å². The average Bonchev–Trinajstić information content (AvgIpc) is 3.30. The zero-order valence-corrected chi connectivity index (χ0v) is 20.5. The van der Waals surface area contributed by atoms with E-state index in [1.165, 1.54) is 24.3 Å². The number of fused-ring (bicyclic) bond motifs is 1. The number of aryl methyl sites for hydroxylation is 1. The summed E-state index contributed by atoms with van der Waals surface area (Å²) in [5, 5.41) is 31.1. The number of nitrogens with one attached hydrogen (secondary N) is 3. The smallest absolute Gasteiger partial charge is 0.261 e. The van der Waals surface area contributed by atoms with Gasteiger partial charge in [-0.05, 0) is 54.4 Å². The maximum Gasteiger partial charge on any atom is 0.261 e. The maximum atomic E-state index is 12.7. The molecule has 1 unspecified atom stereocenters. The van der Waals surface area contributed by atoms with E-state index in [9.17, 15) is 13.5 Å². The SMILES string of the molecule is CCc1[nH]nc2cc(OCCNCC(O)c3cccc(NS(=O)(=O)c4cccc(C#N)c4)c3)ccc12. The first-order valence-corrected chi connectivity index (χ1v) is 13.0. The van der Waals surface area contributed by atoms with E-state index in [-0.39, 0.29) is 17.0 Å². The lowest BCUT2D eigenvalue weighted by atomic mass is 10.1. The third-order valence-electron chi connectivity index (χ3n) is 5.64. The van der Waals surface area contributed by atoms with Gasteiger partial charge in [0.1, 0.15) is 12.4 Å². The molecule has 1 heterocycles. The van der Waals surface area contributed by atoms with Crippen molar-refractivity contribution in [1.29, 1.82) is 5.26 Å². The molecule has 4 rings (SSSR count). The molecular weight excluding hydrogens is 478 g/mol. The summed E-state index contributed by atoms with van der Waals surface area (Å²) in [5.74, 6) is 0.722. The number of anilines is 1. The van der Waals surface area contributed by atoms with Gasteiger partial charge < -0.3 is 15.2 Å². The Labute approximate surface area is 209 Å². The highest BCUT2D eigenvalue weighted by Crippen LogP contribution is 2.23. The van der Waals surface area contributed by atoms with Crippen molar-refractivity contribution in [3.63, 3.8) is 0 Å². The van der Waals surface area contributed by atoms with Crippen LogP contribution in [0.5, 0.6) is 5.75 Å². The van der Waals surface area contributed by atoms with E-state index in [0.29, 0.717) is 24.4 Å².